The molecule has 2 amide bonds. The number of esters is 1. The van der Waals surface area contributed by atoms with Gasteiger partial charge in [0.15, 0.2) is 0 Å². The normalized spacial score (nSPS) is 14.9. The predicted octanol–water partition coefficient (Wildman–Crippen LogP) is 2.49. The Morgan fingerprint density at radius 2 is 1.78 bits per heavy atom. The highest BCUT2D eigenvalue weighted by Gasteiger charge is 2.29. The lowest BCUT2D eigenvalue weighted by atomic mass is 10.1. The molecule has 0 unspecified atom stereocenters. The van der Waals surface area contributed by atoms with E-state index in [1.165, 1.54) is 12.0 Å². The minimum Gasteiger partial charge on any atom is -0.465 e. The number of nitrogens with zero attached hydrogens (tertiary/aromatic N) is 2. The molecule has 1 heterocycles. The maximum absolute atomic E-state index is 12.3. The molecule has 1 aromatic carbocycles. The van der Waals surface area contributed by atoms with Crippen molar-refractivity contribution < 1.29 is 23.9 Å². The lowest BCUT2D eigenvalue weighted by Crippen LogP contribution is -2.53. The first-order chi connectivity index (χ1) is 12.7. The zero-order valence-corrected chi connectivity index (χ0v) is 16.5. The summed E-state index contributed by atoms with van der Waals surface area (Å²) in [6.45, 7) is 7.11. The molecule has 0 spiro atoms. The van der Waals surface area contributed by atoms with Gasteiger partial charge in [0.1, 0.15) is 12.1 Å². The lowest BCUT2D eigenvalue weighted by molar-refractivity contribution is -0.135. The molecular formula is C20H28N2O5. The second-order valence-corrected chi connectivity index (χ2v) is 7.57. The number of aryl methyl sites for hydroxylation is 1. The van der Waals surface area contributed by atoms with Crippen molar-refractivity contribution in [3.05, 3.63) is 35.4 Å². The molecule has 0 atom stereocenters. The van der Waals surface area contributed by atoms with Gasteiger partial charge in [0.2, 0.25) is 5.91 Å². The van der Waals surface area contributed by atoms with E-state index in [9.17, 15) is 14.4 Å². The summed E-state index contributed by atoms with van der Waals surface area (Å²) in [6, 6.07) is 7.28. The Labute approximate surface area is 160 Å². The zero-order chi connectivity index (χ0) is 20.0. The SMILES string of the molecule is COC(=O)c1ccc(CCCN2CCN(C(=O)OC(C)(C)C)CC2=O)cc1. The number of carbonyl (C=O) groups excluding carboxylic acids is 3. The van der Waals surface area contributed by atoms with E-state index in [1.54, 1.807) is 37.8 Å². The van der Waals surface area contributed by atoms with Gasteiger partial charge >= 0.3 is 12.1 Å². The predicted molar refractivity (Wildman–Crippen MR) is 100 cm³/mol. The first-order valence-electron chi connectivity index (χ1n) is 9.12. The minimum atomic E-state index is -0.569. The van der Waals surface area contributed by atoms with Gasteiger partial charge in [-0.25, -0.2) is 9.59 Å². The Kier molecular flexibility index (Phi) is 6.82. The molecule has 1 fully saturated rings. The fourth-order valence-corrected chi connectivity index (χ4v) is 2.83. The molecule has 0 bridgehead atoms. The highest BCUT2D eigenvalue weighted by Crippen LogP contribution is 2.13. The van der Waals surface area contributed by atoms with Crippen molar-refractivity contribution in [1.82, 2.24) is 9.80 Å². The maximum atomic E-state index is 12.3. The average Bonchev–Trinajstić information content (AvgIpc) is 2.61. The highest BCUT2D eigenvalue weighted by molar-refractivity contribution is 5.89. The van der Waals surface area contributed by atoms with E-state index in [2.05, 4.69) is 4.74 Å². The molecule has 0 saturated carbocycles. The average molecular weight is 376 g/mol. The molecule has 0 aromatic heterocycles. The summed E-state index contributed by atoms with van der Waals surface area (Å²) in [7, 11) is 1.36. The second kappa shape index (κ2) is 8.88. The number of hydrogen-bond donors (Lipinski definition) is 0. The summed E-state index contributed by atoms with van der Waals surface area (Å²) >= 11 is 0. The molecule has 7 heteroatoms. The van der Waals surface area contributed by atoms with Crippen molar-refractivity contribution in [2.45, 2.75) is 39.2 Å². The largest absolute Gasteiger partial charge is 0.465 e. The molecule has 1 aliphatic heterocycles. The molecule has 1 aromatic rings. The molecule has 0 radical (unpaired) electrons. The molecule has 0 aliphatic carbocycles. The first kappa shape index (κ1) is 20.7. The Balaban J connectivity index is 1.77. The summed E-state index contributed by atoms with van der Waals surface area (Å²) in [4.78, 5) is 39.0. The van der Waals surface area contributed by atoms with Crippen LogP contribution in [-0.4, -0.2) is 66.7 Å². The number of methoxy groups -OCH3 is 1. The van der Waals surface area contributed by atoms with Gasteiger partial charge in [-0.1, -0.05) is 12.1 Å². The third-order valence-corrected chi connectivity index (χ3v) is 4.24. The van der Waals surface area contributed by atoms with Crippen molar-refractivity contribution in [1.29, 1.82) is 0 Å². The lowest BCUT2D eigenvalue weighted by Gasteiger charge is -2.35. The zero-order valence-electron chi connectivity index (χ0n) is 16.5. The van der Waals surface area contributed by atoms with Crippen LogP contribution in [0.25, 0.3) is 0 Å². The van der Waals surface area contributed by atoms with Crippen LogP contribution in [0.5, 0.6) is 0 Å². The topological polar surface area (TPSA) is 76.2 Å². The number of hydrogen-bond acceptors (Lipinski definition) is 5. The van der Waals surface area contributed by atoms with Gasteiger partial charge in [-0.05, 0) is 51.3 Å². The Hall–Kier alpha value is -2.57. The van der Waals surface area contributed by atoms with E-state index < -0.39 is 11.7 Å². The van der Waals surface area contributed by atoms with Crippen LogP contribution in [0.1, 0.15) is 43.1 Å². The number of piperazine rings is 1. The number of amides is 2. The third-order valence-electron chi connectivity index (χ3n) is 4.24. The van der Waals surface area contributed by atoms with Crippen molar-refractivity contribution >= 4 is 18.0 Å². The molecule has 1 aliphatic rings. The summed E-state index contributed by atoms with van der Waals surface area (Å²) in [5.41, 5.74) is 1.05. The maximum Gasteiger partial charge on any atom is 0.410 e. The van der Waals surface area contributed by atoms with Gasteiger partial charge in [0, 0.05) is 19.6 Å². The van der Waals surface area contributed by atoms with Crippen LogP contribution in [0.3, 0.4) is 0 Å². The number of rotatable bonds is 5. The van der Waals surface area contributed by atoms with Gasteiger partial charge in [0.05, 0.1) is 12.7 Å². The van der Waals surface area contributed by atoms with Crippen LogP contribution < -0.4 is 0 Å². The quantitative estimate of drug-likeness (QED) is 0.738. The molecule has 27 heavy (non-hydrogen) atoms. The fourth-order valence-electron chi connectivity index (χ4n) is 2.83. The third kappa shape index (κ3) is 6.27. The molecule has 2 rings (SSSR count). The molecule has 148 valence electrons. The Morgan fingerprint density at radius 3 is 2.33 bits per heavy atom. The van der Waals surface area contributed by atoms with Gasteiger partial charge in [-0.3, -0.25) is 9.69 Å². The van der Waals surface area contributed by atoms with Crippen molar-refractivity contribution in [2.75, 3.05) is 33.3 Å². The van der Waals surface area contributed by atoms with E-state index in [0.717, 1.165) is 18.4 Å². The minimum absolute atomic E-state index is 0.0583. The summed E-state index contributed by atoms with van der Waals surface area (Å²) in [6.07, 6.45) is 1.18. The van der Waals surface area contributed by atoms with E-state index in [-0.39, 0.29) is 18.4 Å². The van der Waals surface area contributed by atoms with Crippen LogP contribution >= 0.6 is 0 Å². The smallest absolute Gasteiger partial charge is 0.410 e. The monoisotopic (exact) mass is 376 g/mol. The summed E-state index contributed by atoms with van der Waals surface area (Å²) in [5.74, 6) is -0.414. The van der Waals surface area contributed by atoms with E-state index in [4.69, 9.17) is 4.74 Å². The van der Waals surface area contributed by atoms with Crippen LogP contribution in [-0.2, 0) is 20.7 Å². The van der Waals surface area contributed by atoms with E-state index in [0.29, 0.717) is 25.2 Å². The standard InChI is InChI=1S/C20H28N2O5/c1-20(2,3)27-19(25)22-13-12-21(17(23)14-22)11-5-6-15-7-9-16(10-8-15)18(24)26-4/h7-10H,5-6,11-14H2,1-4H3. The van der Waals surface area contributed by atoms with Crippen molar-refractivity contribution in [3.63, 3.8) is 0 Å². The molecule has 1 saturated heterocycles. The molecular weight excluding hydrogens is 348 g/mol. The Bertz CT molecular complexity index is 679. The molecule has 7 nitrogen and oxygen atoms in total. The van der Waals surface area contributed by atoms with Gasteiger partial charge < -0.3 is 14.4 Å². The molecule has 0 N–H and O–H groups in total. The fraction of sp³-hybridized carbons (Fsp3) is 0.550. The van der Waals surface area contributed by atoms with Crippen LogP contribution in [0.2, 0.25) is 0 Å². The van der Waals surface area contributed by atoms with E-state index >= 15 is 0 Å². The van der Waals surface area contributed by atoms with Gasteiger partial charge in [0.25, 0.3) is 0 Å². The van der Waals surface area contributed by atoms with Gasteiger partial charge in [-0.2, -0.15) is 0 Å². The number of ether oxygens (including phenoxy) is 2. The van der Waals surface area contributed by atoms with Crippen molar-refractivity contribution in [2.24, 2.45) is 0 Å². The first-order valence-corrected chi connectivity index (χ1v) is 9.12. The Morgan fingerprint density at radius 1 is 1.11 bits per heavy atom. The van der Waals surface area contributed by atoms with Crippen LogP contribution in [0.15, 0.2) is 24.3 Å². The van der Waals surface area contributed by atoms with Crippen molar-refractivity contribution in [3.8, 4) is 0 Å². The number of benzene rings is 1. The highest BCUT2D eigenvalue weighted by atomic mass is 16.6. The summed E-state index contributed by atoms with van der Waals surface area (Å²) < 4.78 is 10.00. The second-order valence-electron chi connectivity index (χ2n) is 7.57. The van der Waals surface area contributed by atoms with Gasteiger partial charge in [-0.15, -0.1) is 0 Å². The van der Waals surface area contributed by atoms with Crippen LogP contribution in [0, 0.1) is 0 Å². The van der Waals surface area contributed by atoms with Crippen LogP contribution in [0.4, 0.5) is 4.79 Å². The van der Waals surface area contributed by atoms with E-state index in [1.807, 2.05) is 12.1 Å². The number of carbonyl (C=O) groups is 3. The summed E-state index contributed by atoms with van der Waals surface area (Å²) in [5, 5.41) is 0.